The first-order chi connectivity index (χ1) is 6.70. The standard InChI is InChI=1S/C7H10N4O2S/c1-5(4-12)7(13)11(14-2)6-3-8-10-9-6/h3-5H,1-2H3,(H,8,9,10). The zero-order valence-corrected chi connectivity index (χ0v) is 8.61. The summed E-state index contributed by atoms with van der Waals surface area (Å²) in [6, 6.07) is 0. The lowest BCUT2D eigenvalue weighted by Gasteiger charge is -2.17. The molecule has 1 amide bonds. The Morgan fingerprint density at radius 1 is 1.79 bits per heavy atom. The van der Waals surface area contributed by atoms with Gasteiger partial charge >= 0.3 is 0 Å². The molecule has 0 saturated carbocycles. The van der Waals surface area contributed by atoms with E-state index in [2.05, 4.69) is 15.4 Å². The lowest BCUT2D eigenvalue weighted by Crippen LogP contribution is -2.30. The van der Waals surface area contributed by atoms with Crippen LogP contribution >= 0.6 is 11.9 Å². The summed E-state index contributed by atoms with van der Waals surface area (Å²) in [6.45, 7) is 1.54. The Labute approximate surface area is 85.2 Å². The van der Waals surface area contributed by atoms with Crippen LogP contribution in [0.5, 0.6) is 0 Å². The van der Waals surface area contributed by atoms with Crippen LogP contribution in [0.1, 0.15) is 6.92 Å². The third-order valence-corrected chi connectivity index (χ3v) is 2.32. The van der Waals surface area contributed by atoms with Crippen LogP contribution in [0.2, 0.25) is 0 Å². The third-order valence-electron chi connectivity index (χ3n) is 1.59. The highest BCUT2D eigenvalue weighted by molar-refractivity contribution is 8.00. The number of nitrogens with zero attached hydrogens (tertiary/aromatic N) is 3. The van der Waals surface area contributed by atoms with Crippen molar-refractivity contribution in [3.05, 3.63) is 6.20 Å². The highest BCUT2D eigenvalue weighted by Crippen LogP contribution is 2.18. The Morgan fingerprint density at radius 3 is 2.93 bits per heavy atom. The van der Waals surface area contributed by atoms with Crippen LogP contribution < -0.4 is 4.31 Å². The molecule has 6 nitrogen and oxygen atoms in total. The van der Waals surface area contributed by atoms with E-state index >= 15 is 0 Å². The zero-order chi connectivity index (χ0) is 10.6. The molecule has 1 aromatic rings. The second kappa shape index (κ2) is 4.75. The van der Waals surface area contributed by atoms with E-state index in [0.29, 0.717) is 12.1 Å². The summed E-state index contributed by atoms with van der Waals surface area (Å²) in [5, 5.41) is 9.75. The van der Waals surface area contributed by atoms with Gasteiger partial charge in [0.25, 0.3) is 0 Å². The highest BCUT2D eigenvalue weighted by Gasteiger charge is 2.22. The molecule has 1 unspecified atom stereocenters. The number of aromatic amines is 1. The van der Waals surface area contributed by atoms with Gasteiger partial charge in [0.2, 0.25) is 5.91 Å². The molecule has 7 heteroatoms. The van der Waals surface area contributed by atoms with E-state index in [-0.39, 0.29) is 5.91 Å². The summed E-state index contributed by atoms with van der Waals surface area (Å²) >= 11 is 1.18. The monoisotopic (exact) mass is 214 g/mol. The molecule has 76 valence electrons. The Balaban J connectivity index is 2.82. The minimum atomic E-state index is -0.667. The average molecular weight is 214 g/mol. The summed E-state index contributed by atoms with van der Waals surface area (Å²) in [5.41, 5.74) is 0. The molecular formula is C7H10N4O2S. The van der Waals surface area contributed by atoms with Gasteiger partial charge in [0.1, 0.15) is 6.29 Å². The van der Waals surface area contributed by atoms with E-state index in [4.69, 9.17) is 0 Å². The van der Waals surface area contributed by atoms with Gasteiger partial charge in [-0.1, -0.05) is 0 Å². The molecule has 0 spiro atoms. The maximum Gasteiger partial charge on any atom is 0.248 e. The van der Waals surface area contributed by atoms with Gasteiger partial charge in [0.05, 0.1) is 12.1 Å². The highest BCUT2D eigenvalue weighted by atomic mass is 32.2. The number of hydrogen-bond acceptors (Lipinski definition) is 5. The molecule has 0 aliphatic rings. The molecule has 1 aromatic heterocycles. The molecule has 0 saturated heterocycles. The fraction of sp³-hybridized carbons (Fsp3) is 0.429. The van der Waals surface area contributed by atoms with Crippen LogP contribution in [0.25, 0.3) is 0 Å². The van der Waals surface area contributed by atoms with Crippen molar-refractivity contribution in [2.24, 2.45) is 5.92 Å². The molecule has 1 heterocycles. The molecule has 0 aromatic carbocycles. The summed E-state index contributed by atoms with van der Waals surface area (Å²) in [4.78, 5) is 22.0. The summed E-state index contributed by atoms with van der Waals surface area (Å²) in [7, 11) is 0. The van der Waals surface area contributed by atoms with Crippen LogP contribution in [0, 0.1) is 5.92 Å². The topological polar surface area (TPSA) is 79.0 Å². The summed E-state index contributed by atoms with van der Waals surface area (Å²) < 4.78 is 1.32. The van der Waals surface area contributed by atoms with Gasteiger partial charge in [-0.25, -0.2) is 4.31 Å². The van der Waals surface area contributed by atoms with E-state index in [1.807, 2.05) is 0 Å². The smallest absolute Gasteiger partial charge is 0.248 e. The molecule has 0 aliphatic heterocycles. The van der Waals surface area contributed by atoms with Gasteiger partial charge < -0.3 is 4.79 Å². The van der Waals surface area contributed by atoms with Crippen LogP contribution in [-0.2, 0) is 9.59 Å². The fourth-order valence-electron chi connectivity index (χ4n) is 0.833. The van der Waals surface area contributed by atoms with Gasteiger partial charge in [-0.15, -0.1) is 5.10 Å². The second-order valence-electron chi connectivity index (χ2n) is 2.57. The third kappa shape index (κ3) is 2.11. The van der Waals surface area contributed by atoms with E-state index in [1.54, 1.807) is 13.2 Å². The number of carbonyl (C=O) groups excluding carboxylic acids is 2. The maximum atomic E-state index is 11.6. The molecule has 0 fully saturated rings. The van der Waals surface area contributed by atoms with Crippen LogP contribution in [-0.4, -0.2) is 33.9 Å². The predicted octanol–water partition coefficient (Wildman–Crippen LogP) is 0.251. The average Bonchev–Trinajstić information content (AvgIpc) is 2.71. The van der Waals surface area contributed by atoms with E-state index < -0.39 is 5.92 Å². The maximum absolute atomic E-state index is 11.6. The van der Waals surface area contributed by atoms with E-state index in [9.17, 15) is 9.59 Å². The molecule has 0 radical (unpaired) electrons. The Bertz CT molecular complexity index is 313. The molecule has 14 heavy (non-hydrogen) atoms. The second-order valence-corrected chi connectivity index (χ2v) is 3.30. The van der Waals surface area contributed by atoms with Crippen molar-refractivity contribution in [2.45, 2.75) is 6.92 Å². The number of H-pyrrole nitrogens is 1. The van der Waals surface area contributed by atoms with Crippen molar-refractivity contribution < 1.29 is 9.59 Å². The van der Waals surface area contributed by atoms with Crippen LogP contribution in [0.15, 0.2) is 6.20 Å². The van der Waals surface area contributed by atoms with Crippen molar-refractivity contribution in [2.75, 3.05) is 10.6 Å². The number of aldehydes is 1. The number of hydrogen-bond donors (Lipinski definition) is 1. The predicted molar refractivity (Wildman–Crippen MR) is 52.6 cm³/mol. The first-order valence-electron chi connectivity index (χ1n) is 3.89. The van der Waals surface area contributed by atoms with Crippen LogP contribution in [0.3, 0.4) is 0 Å². The van der Waals surface area contributed by atoms with Gasteiger partial charge in [0.15, 0.2) is 5.82 Å². The quantitative estimate of drug-likeness (QED) is 0.441. The SMILES string of the molecule is CSN(C(=O)C(C)C=O)c1cn[nH]n1. The number of nitrogens with one attached hydrogen (secondary N) is 1. The molecule has 1 N–H and O–H groups in total. The zero-order valence-electron chi connectivity index (χ0n) is 7.80. The van der Waals surface area contributed by atoms with E-state index in [1.165, 1.54) is 22.4 Å². The molecule has 1 atom stereocenters. The van der Waals surface area contributed by atoms with E-state index in [0.717, 1.165) is 0 Å². The lowest BCUT2D eigenvalue weighted by molar-refractivity contribution is -0.125. The van der Waals surface area contributed by atoms with Gasteiger partial charge in [0, 0.05) is 6.26 Å². The number of aromatic nitrogens is 3. The minimum Gasteiger partial charge on any atom is -0.303 e. The first kappa shape index (κ1) is 10.7. The number of carbonyl (C=O) groups is 2. The molecular weight excluding hydrogens is 204 g/mol. The summed E-state index contributed by atoms with van der Waals surface area (Å²) in [6.07, 6.45) is 3.75. The number of amides is 1. The fourth-order valence-corrected chi connectivity index (χ4v) is 1.45. The van der Waals surface area contributed by atoms with Crippen molar-refractivity contribution in [3.63, 3.8) is 0 Å². The number of anilines is 1. The molecule has 0 bridgehead atoms. The number of rotatable bonds is 4. The van der Waals surface area contributed by atoms with Crippen molar-refractivity contribution in [3.8, 4) is 0 Å². The summed E-state index contributed by atoms with van der Waals surface area (Å²) in [5.74, 6) is -0.572. The minimum absolute atomic E-state index is 0.304. The van der Waals surface area contributed by atoms with Gasteiger partial charge in [-0.05, 0) is 18.9 Å². The van der Waals surface area contributed by atoms with Gasteiger partial charge in [-0.3, -0.25) is 4.79 Å². The molecule has 1 rings (SSSR count). The van der Waals surface area contributed by atoms with Crippen molar-refractivity contribution >= 4 is 30.0 Å². The Kier molecular flexibility index (Phi) is 3.63. The normalized spacial score (nSPS) is 12.1. The Morgan fingerprint density at radius 2 is 2.50 bits per heavy atom. The van der Waals surface area contributed by atoms with Gasteiger partial charge in [-0.2, -0.15) is 10.3 Å². The van der Waals surface area contributed by atoms with Crippen molar-refractivity contribution in [1.82, 2.24) is 15.4 Å². The Hall–Kier alpha value is -1.37. The lowest BCUT2D eigenvalue weighted by atomic mass is 10.2. The first-order valence-corrected chi connectivity index (χ1v) is 5.08. The molecule has 0 aliphatic carbocycles. The van der Waals surface area contributed by atoms with Crippen LogP contribution in [0.4, 0.5) is 5.82 Å². The largest absolute Gasteiger partial charge is 0.303 e. The van der Waals surface area contributed by atoms with Crippen molar-refractivity contribution in [1.29, 1.82) is 0 Å².